The summed E-state index contributed by atoms with van der Waals surface area (Å²) in [6.45, 7) is 0. The Bertz CT molecular complexity index is 753. The second kappa shape index (κ2) is 5.54. The normalized spacial score (nSPS) is 10.2. The topological polar surface area (TPSA) is 105 Å². The van der Waals surface area contributed by atoms with Crippen molar-refractivity contribution in [2.24, 2.45) is 0 Å². The van der Waals surface area contributed by atoms with Gasteiger partial charge in [-0.25, -0.2) is 9.37 Å². The highest BCUT2D eigenvalue weighted by Gasteiger charge is 2.20. The van der Waals surface area contributed by atoms with E-state index in [1.807, 2.05) is 6.07 Å². The van der Waals surface area contributed by atoms with Gasteiger partial charge in [-0.3, -0.25) is 0 Å². The molecule has 0 spiro atoms. The van der Waals surface area contributed by atoms with Crippen molar-refractivity contribution in [3.63, 3.8) is 0 Å². The Morgan fingerprint density at radius 2 is 1.95 bits per heavy atom. The van der Waals surface area contributed by atoms with Crippen LogP contribution in [0.25, 0.3) is 11.3 Å². The third-order valence-electron chi connectivity index (χ3n) is 2.82. The summed E-state index contributed by atoms with van der Waals surface area (Å²) in [5.74, 6) is -0.480. The standard InChI is InChI=1S/C13H12BrFN6/c1-21(2)9-4-6(15)3-8(14)10(9)11-7(5-16)12(17)20-13(18)19-11/h3-4H,1-2H3,(H4,17,18,19,20). The maximum absolute atomic E-state index is 13.6. The monoisotopic (exact) mass is 350 g/mol. The summed E-state index contributed by atoms with van der Waals surface area (Å²) in [5.41, 5.74) is 12.8. The van der Waals surface area contributed by atoms with Crippen molar-refractivity contribution in [1.82, 2.24) is 9.97 Å². The van der Waals surface area contributed by atoms with Crippen LogP contribution in [0.4, 0.5) is 21.8 Å². The van der Waals surface area contributed by atoms with E-state index in [0.717, 1.165) is 0 Å². The van der Waals surface area contributed by atoms with Gasteiger partial charge >= 0.3 is 0 Å². The molecule has 2 rings (SSSR count). The molecule has 0 aliphatic carbocycles. The largest absolute Gasteiger partial charge is 0.382 e. The van der Waals surface area contributed by atoms with Crippen molar-refractivity contribution in [3.8, 4) is 17.3 Å². The average Bonchev–Trinajstić information content (AvgIpc) is 2.36. The number of rotatable bonds is 2. The fourth-order valence-electron chi connectivity index (χ4n) is 1.93. The lowest BCUT2D eigenvalue weighted by molar-refractivity contribution is 0.627. The second-order valence-electron chi connectivity index (χ2n) is 4.48. The Kier molecular flexibility index (Phi) is 3.95. The molecule has 0 unspecified atom stereocenters. The van der Waals surface area contributed by atoms with Crippen molar-refractivity contribution in [2.45, 2.75) is 0 Å². The van der Waals surface area contributed by atoms with E-state index in [4.69, 9.17) is 11.5 Å². The molecule has 2 aromatic rings. The van der Waals surface area contributed by atoms with Crippen LogP contribution in [-0.4, -0.2) is 24.1 Å². The summed E-state index contributed by atoms with van der Waals surface area (Å²) < 4.78 is 14.1. The Balaban J connectivity index is 2.88. The van der Waals surface area contributed by atoms with E-state index in [0.29, 0.717) is 15.7 Å². The fraction of sp³-hybridized carbons (Fsp3) is 0.154. The lowest BCUT2D eigenvalue weighted by atomic mass is 10.0. The molecule has 0 amide bonds. The molecule has 0 saturated carbocycles. The zero-order valence-corrected chi connectivity index (χ0v) is 12.9. The molecule has 0 atom stereocenters. The van der Waals surface area contributed by atoms with Crippen molar-refractivity contribution >= 4 is 33.4 Å². The molecule has 21 heavy (non-hydrogen) atoms. The predicted molar refractivity (Wildman–Crippen MR) is 83.0 cm³/mol. The van der Waals surface area contributed by atoms with Gasteiger partial charge in [-0.05, 0) is 28.1 Å². The van der Waals surface area contributed by atoms with Gasteiger partial charge in [0, 0.05) is 29.8 Å². The number of aromatic nitrogens is 2. The first kappa shape index (κ1) is 15.0. The fourth-order valence-corrected chi connectivity index (χ4v) is 2.54. The van der Waals surface area contributed by atoms with E-state index in [1.165, 1.54) is 12.1 Å². The number of hydrogen-bond acceptors (Lipinski definition) is 6. The molecule has 108 valence electrons. The van der Waals surface area contributed by atoms with Crippen molar-refractivity contribution in [1.29, 1.82) is 5.26 Å². The number of halogens is 2. The minimum Gasteiger partial charge on any atom is -0.382 e. The summed E-state index contributed by atoms with van der Waals surface area (Å²) in [7, 11) is 3.51. The molecule has 6 nitrogen and oxygen atoms in total. The van der Waals surface area contributed by atoms with E-state index < -0.39 is 5.82 Å². The SMILES string of the molecule is CN(C)c1cc(F)cc(Br)c1-c1nc(N)nc(N)c1C#N. The molecule has 0 saturated heterocycles. The highest BCUT2D eigenvalue weighted by atomic mass is 79.9. The van der Waals surface area contributed by atoms with Crippen LogP contribution in [0, 0.1) is 17.1 Å². The second-order valence-corrected chi connectivity index (χ2v) is 5.33. The zero-order chi connectivity index (χ0) is 15.7. The van der Waals surface area contributed by atoms with E-state index in [1.54, 1.807) is 19.0 Å². The number of anilines is 3. The Labute approximate surface area is 129 Å². The van der Waals surface area contributed by atoms with Gasteiger partial charge in [-0.15, -0.1) is 0 Å². The quantitative estimate of drug-likeness (QED) is 0.859. The number of nitrogens with zero attached hydrogens (tertiary/aromatic N) is 4. The smallest absolute Gasteiger partial charge is 0.222 e. The highest BCUT2D eigenvalue weighted by Crippen LogP contribution is 2.39. The average molecular weight is 351 g/mol. The summed E-state index contributed by atoms with van der Waals surface area (Å²) in [4.78, 5) is 9.57. The number of benzene rings is 1. The van der Waals surface area contributed by atoms with Crippen LogP contribution in [0.5, 0.6) is 0 Å². The maximum Gasteiger partial charge on any atom is 0.222 e. The van der Waals surface area contributed by atoms with Crippen molar-refractivity contribution in [2.75, 3.05) is 30.5 Å². The maximum atomic E-state index is 13.6. The van der Waals surface area contributed by atoms with Gasteiger partial charge in [0.15, 0.2) is 0 Å². The summed E-state index contributed by atoms with van der Waals surface area (Å²) in [5, 5.41) is 9.27. The van der Waals surface area contributed by atoms with Gasteiger partial charge in [0.25, 0.3) is 0 Å². The zero-order valence-electron chi connectivity index (χ0n) is 11.4. The molecule has 1 aromatic carbocycles. The summed E-state index contributed by atoms with van der Waals surface area (Å²) in [6.07, 6.45) is 0. The molecule has 0 fully saturated rings. The third kappa shape index (κ3) is 2.73. The van der Waals surface area contributed by atoms with Gasteiger partial charge in [0.05, 0.1) is 5.69 Å². The first-order chi connectivity index (χ1) is 9.85. The molecular formula is C13H12BrFN6. The first-order valence-corrected chi connectivity index (χ1v) is 6.64. The predicted octanol–water partition coefficient (Wildman–Crippen LogP) is 2.15. The van der Waals surface area contributed by atoms with Crippen LogP contribution in [0.1, 0.15) is 5.56 Å². The molecule has 0 aliphatic heterocycles. The van der Waals surface area contributed by atoms with Crippen LogP contribution in [0.2, 0.25) is 0 Å². The van der Waals surface area contributed by atoms with E-state index in [9.17, 15) is 9.65 Å². The number of nitriles is 1. The van der Waals surface area contributed by atoms with Crippen molar-refractivity contribution < 1.29 is 4.39 Å². The van der Waals surface area contributed by atoms with Gasteiger partial charge in [-0.1, -0.05) is 0 Å². The minimum absolute atomic E-state index is 0.0130. The molecule has 0 aliphatic rings. The molecule has 1 heterocycles. The lowest BCUT2D eigenvalue weighted by Crippen LogP contribution is -2.12. The number of hydrogen-bond donors (Lipinski definition) is 2. The van der Waals surface area contributed by atoms with E-state index >= 15 is 0 Å². The van der Waals surface area contributed by atoms with Crippen molar-refractivity contribution in [3.05, 3.63) is 28.0 Å². The van der Waals surface area contributed by atoms with Crippen LogP contribution in [0.3, 0.4) is 0 Å². The minimum atomic E-state index is -0.414. The van der Waals surface area contributed by atoms with Gasteiger partial charge in [-0.2, -0.15) is 10.2 Å². The molecular weight excluding hydrogens is 339 g/mol. The van der Waals surface area contributed by atoms with E-state index in [-0.39, 0.29) is 23.0 Å². The van der Waals surface area contributed by atoms with Crippen LogP contribution in [0.15, 0.2) is 16.6 Å². The molecule has 1 aromatic heterocycles. The Morgan fingerprint density at radius 1 is 1.29 bits per heavy atom. The molecule has 8 heteroatoms. The van der Waals surface area contributed by atoms with Gasteiger partial charge in [0.1, 0.15) is 23.3 Å². The first-order valence-electron chi connectivity index (χ1n) is 5.85. The highest BCUT2D eigenvalue weighted by molar-refractivity contribution is 9.10. The van der Waals surface area contributed by atoms with Crippen LogP contribution >= 0.6 is 15.9 Å². The van der Waals surface area contributed by atoms with Gasteiger partial charge < -0.3 is 16.4 Å². The van der Waals surface area contributed by atoms with E-state index in [2.05, 4.69) is 25.9 Å². The lowest BCUT2D eigenvalue weighted by Gasteiger charge is -2.19. The summed E-state index contributed by atoms with van der Waals surface area (Å²) >= 11 is 3.30. The van der Waals surface area contributed by atoms with Crippen LogP contribution in [-0.2, 0) is 0 Å². The molecule has 0 bridgehead atoms. The third-order valence-corrected chi connectivity index (χ3v) is 3.44. The molecule has 4 N–H and O–H groups in total. The van der Waals surface area contributed by atoms with Crippen LogP contribution < -0.4 is 16.4 Å². The van der Waals surface area contributed by atoms with Gasteiger partial charge in [0.2, 0.25) is 5.95 Å². The number of nitrogen functional groups attached to an aromatic ring is 2. The Morgan fingerprint density at radius 3 is 2.52 bits per heavy atom. The number of nitrogens with two attached hydrogens (primary N) is 2. The Hall–Kier alpha value is -2.40. The summed E-state index contributed by atoms with van der Waals surface area (Å²) in [6, 6.07) is 4.59. The molecule has 0 radical (unpaired) electrons.